The first-order valence-corrected chi connectivity index (χ1v) is 4.60. The van der Waals surface area contributed by atoms with Crippen molar-refractivity contribution in [1.82, 2.24) is 5.32 Å². The van der Waals surface area contributed by atoms with Crippen LogP contribution in [0.15, 0.2) is 0 Å². The van der Waals surface area contributed by atoms with Crippen molar-refractivity contribution in [2.45, 2.75) is 45.2 Å². The van der Waals surface area contributed by atoms with Gasteiger partial charge in [-0.05, 0) is 12.8 Å². The summed E-state index contributed by atoms with van der Waals surface area (Å²) < 4.78 is 0. The maximum Gasteiger partial charge on any atom is 0.320 e. The van der Waals surface area contributed by atoms with Crippen LogP contribution >= 0.6 is 0 Å². The van der Waals surface area contributed by atoms with E-state index in [0.29, 0.717) is 6.42 Å². The second-order valence-corrected chi connectivity index (χ2v) is 2.97. The van der Waals surface area contributed by atoms with Gasteiger partial charge in [-0.15, -0.1) is 6.42 Å². The second kappa shape index (κ2) is 6.50. The smallest absolute Gasteiger partial charge is 0.320 e. The average molecular weight is 183 g/mol. The summed E-state index contributed by atoms with van der Waals surface area (Å²) in [5, 5.41) is 11.7. The fourth-order valence-electron chi connectivity index (χ4n) is 1.11. The molecule has 0 aromatic heterocycles. The molecule has 2 unspecified atom stereocenters. The molecule has 0 spiro atoms. The molecule has 0 aromatic rings. The molecular weight excluding hydrogens is 166 g/mol. The molecule has 2 atom stereocenters. The minimum absolute atomic E-state index is 0.119. The molecule has 3 nitrogen and oxygen atoms in total. The fraction of sp³-hybridized carbons (Fsp3) is 0.700. The molecule has 0 amide bonds. The number of carbonyl (C=O) groups is 1. The predicted molar refractivity (Wildman–Crippen MR) is 52.4 cm³/mol. The first kappa shape index (κ1) is 12.0. The SMILES string of the molecule is C#CC(CCC)NC(CC)C(=O)O. The average Bonchev–Trinajstić information content (AvgIpc) is 2.11. The maximum atomic E-state index is 10.7. The zero-order valence-corrected chi connectivity index (χ0v) is 8.21. The molecular formula is C10H17NO2. The van der Waals surface area contributed by atoms with Gasteiger partial charge >= 0.3 is 5.97 Å². The van der Waals surface area contributed by atoms with E-state index in [0.717, 1.165) is 12.8 Å². The molecule has 74 valence electrons. The molecule has 0 heterocycles. The Morgan fingerprint density at radius 1 is 1.62 bits per heavy atom. The summed E-state index contributed by atoms with van der Waals surface area (Å²) in [4.78, 5) is 10.7. The van der Waals surface area contributed by atoms with Crippen LogP contribution in [-0.2, 0) is 4.79 Å². The van der Waals surface area contributed by atoms with E-state index in [1.807, 2.05) is 13.8 Å². The monoisotopic (exact) mass is 183 g/mol. The Labute approximate surface area is 79.5 Å². The first-order chi connectivity index (χ1) is 6.15. The molecule has 0 aliphatic rings. The van der Waals surface area contributed by atoms with Gasteiger partial charge in [-0.3, -0.25) is 10.1 Å². The Morgan fingerprint density at radius 3 is 2.54 bits per heavy atom. The molecule has 0 aliphatic carbocycles. The zero-order valence-electron chi connectivity index (χ0n) is 8.21. The summed E-state index contributed by atoms with van der Waals surface area (Å²) in [5.41, 5.74) is 0. The van der Waals surface area contributed by atoms with Gasteiger partial charge in [0.25, 0.3) is 0 Å². The van der Waals surface area contributed by atoms with Gasteiger partial charge in [0.1, 0.15) is 6.04 Å². The molecule has 0 radical (unpaired) electrons. The van der Waals surface area contributed by atoms with E-state index in [9.17, 15) is 4.79 Å². The molecule has 0 saturated carbocycles. The largest absolute Gasteiger partial charge is 0.480 e. The first-order valence-electron chi connectivity index (χ1n) is 4.60. The van der Waals surface area contributed by atoms with E-state index in [2.05, 4.69) is 11.2 Å². The number of rotatable bonds is 6. The van der Waals surface area contributed by atoms with Crippen molar-refractivity contribution < 1.29 is 9.90 Å². The van der Waals surface area contributed by atoms with Crippen LogP contribution < -0.4 is 5.32 Å². The van der Waals surface area contributed by atoms with Gasteiger partial charge in [0.05, 0.1) is 6.04 Å². The quantitative estimate of drug-likeness (QED) is 0.609. The highest BCUT2D eigenvalue weighted by atomic mass is 16.4. The number of hydrogen-bond acceptors (Lipinski definition) is 2. The standard InChI is InChI=1S/C10H17NO2/c1-4-7-8(5-2)11-9(6-3)10(12)13/h2,8-9,11H,4,6-7H2,1,3H3,(H,12,13). The van der Waals surface area contributed by atoms with E-state index < -0.39 is 12.0 Å². The van der Waals surface area contributed by atoms with Crippen LogP contribution in [0.5, 0.6) is 0 Å². The Bertz CT molecular complexity index is 196. The van der Waals surface area contributed by atoms with Gasteiger partial charge in [-0.2, -0.15) is 0 Å². The molecule has 0 rings (SSSR count). The number of aliphatic carboxylic acids is 1. The Morgan fingerprint density at radius 2 is 2.23 bits per heavy atom. The lowest BCUT2D eigenvalue weighted by atomic mass is 10.1. The highest BCUT2D eigenvalue weighted by molar-refractivity contribution is 5.73. The third-order valence-corrected chi connectivity index (χ3v) is 1.89. The predicted octanol–water partition coefficient (Wildman–Crippen LogP) is 1.24. The lowest BCUT2D eigenvalue weighted by Gasteiger charge is -2.17. The van der Waals surface area contributed by atoms with Crippen molar-refractivity contribution in [3.63, 3.8) is 0 Å². The third kappa shape index (κ3) is 4.54. The van der Waals surface area contributed by atoms with Crippen LogP contribution in [0.25, 0.3) is 0 Å². The summed E-state index contributed by atoms with van der Waals surface area (Å²) in [6, 6.07) is -0.640. The molecule has 0 aromatic carbocycles. The van der Waals surface area contributed by atoms with E-state index in [1.165, 1.54) is 0 Å². The topological polar surface area (TPSA) is 49.3 Å². The Kier molecular flexibility index (Phi) is 5.99. The lowest BCUT2D eigenvalue weighted by molar-refractivity contribution is -0.139. The fourth-order valence-corrected chi connectivity index (χ4v) is 1.11. The van der Waals surface area contributed by atoms with Gasteiger partial charge in [0.15, 0.2) is 0 Å². The number of carboxylic acids is 1. The Balaban J connectivity index is 4.05. The van der Waals surface area contributed by atoms with Gasteiger partial charge < -0.3 is 5.11 Å². The molecule has 3 heteroatoms. The third-order valence-electron chi connectivity index (χ3n) is 1.89. The normalized spacial score (nSPS) is 14.5. The maximum absolute atomic E-state index is 10.7. The second-order valence-electron chi connectivity index (χ2n) is 2.97. The van der Waals surface area contributed by atoms with Gasteiger partial charge in [0.2, 0.25) is 0 Å². The molecule has 0 fully saturated rings. The molecule has 0 aliphatic heterocycles. The van der Waals surface area contributed by atoms with E-state index in [1.54, 1.807) is 0 Å². The van der Waals surface area contributed by atoms with Crippen molar-refractivity contribution >= 4 is 5.97 Å². The summed E-state index contributed by atoms with van der Waals surface area (Å²) in [6.07, 6.45) is 7.59. The van der Waals surface area contributed by atoms with Gasteiger partial charge in [-0.1, -0.05) is 26.2 Å². The van der Waals surface area contributed by atoms with Crippen LogP contribution in [0, 0.1) is 12.3 Å². The summed E-state index contributed by atoms with van der Waals surface area (Å²) in [5.74, 6) is 1.71. The number of terminal acetylenes is 1. The van der Waals surface area contributed by atoms with E-state index in [-0.39, 0.29) is 6.04 Å². The van der Waals surface area contributed by atoms with Crippen molar-refractivity contribution in [2.24, 2.45) is 0 Å². The van der Waals surface area contributed by atoms with E-state index in [4.69, 9.17) is 11.5 Å². The summed E-state index contributed by atoms with van der Waals surface area (Å²) >= 11 is 0. The lowest BCUT2D eigenvalue weighted by Crippen LogP contribution is -2.42. The van der Waals surface area contributed by atoms with Crippen molar-refractivity contribution in [3.8, 4) is 12.3 Å². The highest BCUT2D eigenvalue weighted by Crippen LogP contribution is 1.99. The van der Waals surface area contributed by atoms with Crippen molar-refractivity contribution in [3.05, 3.63) is 0 Å². The van der Waals surface area contributed by atoms with Crippen molar-refractivity contribution in [2.75, 3.05) is 0 Å². The van der Waals surface area contributed by atoms with Crippen LogP contribution in [0.4, 0.5) is 0 Å². The minimum atomic E-state index is -0.834. The number of hydrogen-bond donors (Lipinski definition) is 2. The van der Waals surface area contributed by atoms with Crippen LogP contribution in [-0.4, -0.2) is 23.2 Å². The van der Waals surface area contributed by atoms with Gasteiger partial charge in [-0.25, -0.2) is 0 Å². The summed E-state index contributed by atoms with van der Waals surface area (Å²) in [6.45, 7) is 3.85. The van der Waals surface area contributed by atoms with Crippen LogP contribution in [0.2, 0.25) is 0 Å². The van der Waals surface area contributed by atoms with E-state index >= 15 is 0 Å². The molecule has 0 bridgehead atoms. The number of nitrogens with one attached hydrogen (secondary N) is 1. The zero-order chi connectivity index (χ0) is 10.3. The summed E-state index contributed by atoms with van der Waals surface area (Å²) in [7, 11) is 0. The molecule has 13 heavy (non-hydrogen) atoms. The molecule has 0 saturated heterocycles. The van der Waals surface area contributed by atoms with Crippen LogP contribution in [0.3, 0.4) is 0 Å². The van der Waals surface area contributed by atoms with Gasteiger partial charge in [0, 0.05) is 0 Å². The minimum Gasteiger partial charge on any atom is -0.480 e. The highest BCUT2D eigenvalue weighted by Gasteiger charge is 2.17. The van der Waals surface area contributed by atoms with Crippen LogP contribution in [0.1, 0.15) is 33.1 Å². The van der Waals surface area contributed by atoms with Crippen molar-refractivity contribution in [1.29, 1.82) is 0 Å². The Hall–Kier alpha value is -1.01. The number of carboxylic acid groups (broad SMARTS) is 1. The molecule has 2 N–H and O–H groups in total.